The molecular formula is C10H13N3O3S. The van der Waals surface area contributed by atoms with Gasteiger partial charge in [-0.3, -0.25) is 9.59 Å². The summed E-state index contributed by atoms with van der Waals surface area (Å²) in [6.07, 6.45) is 2.18. The van der Waals surface area contributed by atoms with Crippen LogP contribution < -0.4 is 5.32 Å². The molecule has 7 heteroatoms. The number of carbonyl (C=O) groups is 2. The van der Waals surface area contributed by atoms with Crippen molar-refractivity contribution in [1.29, 1.82) is 0 Å². The number of carboxylic acid groups (broad SMARTS) is 1. The second-order valence-corrected chi connectivity index (χ2v) is 4.90. The lowest BCUT2D eigenvalue weighted by Crippen LogP contribution is -2.40. The Hall–Kier alpha value is -1.50. The Bertz CT molecular complexity index is 446. The molecule has 1 heterocycles. The summed E-state index contributed by atoms with van der Waals surface area (Å²) in [5.74, 6) is -1.58. The van der Waals surface area contributed by atoms with E-state index < -0.39 is 11.9 Å². The van der Waals surface area contributed by atoms with Gasteiger partial charge in [0.05, 0.1) is 11.6 Å². The van der Waals surface area contributed by atoms with Gasteiger partial charge in [0.1, 0.15) is 4.88 Å². The molecule has 0 bridgehead atoms. The third kappa shape index (κ3) is 2.44. The van der Waals surface area contributed by atoms with Gasteiger partial charge in [0.2, 0.25) is 0 Å². The van der Waals surface area contributed by atoms with E-state index >= 15 is 0 Å². The highest BCUT2D eigenvalue weighted by Gasteiger charge is 2.34. The fourth-order valence-corrected chi connectivity index (χ4v) is 2.66. The molecule has 92 valence electrons. The third-order valence-corrected chi connectivity index (χ3v) is 3.83. The Labute approximate surface area is 102 Å². The molecule has 0 spiro atoms. The fraction of sp³-hybridized carbons (Fsp3) is 0.600. The Balaban J connectivity index is 2.04. The summed E-state index contributed by atoms with van der Waals surface area (Å²) < 4.78 is 3.69. The topological polar surface area (TPSA) is 92.2 Å². The minimum atomic E-state index is -0.841. The maximum Gasteiger partial charge on any atom is 0.308 e. The largest absolute Gasteiger partial charge is 0.481 e. The second-order valence-electron chi connectivity index (χ2n) is 4.14. The lowest BCUT2D eigenvalue weighted by Gasteiger charge is -2.16. The first-order valence-electron chi connectivity index (χ1n) is 5.42. The molecular weight excluding hydrogens is 242 g/mol. The van der Waals surface area contributed by atoms with Crippen molar-refractivity contribution < 1.29 is 14.7 Å². The van der Waals surface area contributed by atoms with Crippen molar-refractivity contribution in [2.75, 3.05) is 0 Å². The standard InChI is InChI=1S/C10H13N3O3S/c1-5-8(17-13-12-5)9(14)11-7-4-2-3-6(7)10(15)16/h6-7H,2-4H2,1H3,(H,11,14)(H,15,16)/t6-,7+/m0/s1. The van der Waals surface area contributed by atoms with Crippen LogP contribution in [0, 0.1) is 12.8 Å². The van der Waals surface area contributed by atoms with Crippen LogP contribution in [0.3, 0.4) is 0 Å². The Morgan fingerprint density at radius 1 is 1.47 bits per heavy atom. The van der Waals surface area contributed by atoms with Gasteiger partial charge in [-0.1, -0.05) is 10.9 Å². The number of carboxylic acids is 1. The number of hydrogen-bond acceptors (Lipinski definition) is 5. The SMILES string of the molecule is Cc1nnsc1C(=O)N[C@@H]1CCC[C@@H]1C(=O)O. The molecule has 1 amide bonds. The minimum absolute atomic E-state index is 0.268. The van der Waals surface area contributed by atoms with E-state index in [1.165, 1.54) is 0 Å². The van der Waals surface area contributed by atoms with Gasteiger partial charge in [-0.25, -0.2) is 0 Å². The molecule has 2 N–H and O–H groups in total. The highest BCUT2D eigenvalue weighted by Crippen LogP contribution is 2.26. The van der Waals surface area contributed by atoms with Crippen LogP contribution in [0.4, 0.5) is 0 Å². The number of amides is 1. The molecule has 0 radical (unpaired) electrons. The van der Waals surface area contributed by atoms with Gasteiger partial charge in [0.15, 0.2) is 0 Å². The number of aromatic nitrogens is 2. The van der Waals surface area contributed by atoms with Gasteiger partial charge in [0, 0.05) is 6.04 Å². The van der Waals surface area contributed by atoms with E-state index in [9.17, 15) is 9.59 Å². The first kappa shape index (κ1) is 12.0. The summed E-state index contributed by atoms with van der Waals surface area (Å²) in [6, 6.07) is -0.276. The first-order valence-corrected chi connectivity index (χ1v) is 6.19. The van der Waals surface area contributed by atoms with Crippen molar-refractivity contribution in [3.63, 3.8) is 0 Å². The van der Waals surface area contributed by atoms with E-state index in [1.807, 2.05) is 0 Å². The van der Waals surface area contributed by atoms with Gasteiger partial charge in [-0.15, -0.1) is 5.10 Å². The van der Waals surface area contributed by atoms with E-state index in [2.05, 4.69) is 14.9 Å². The predicted octanol–water partition coefficient (Wildman–Crippen LogP) is 0.830. The minimum Gasteiger partial charge on any atom is -0.481 e. The Morgan fingerprint density at radius 2 is 2.24 bits per heavy atom. The zero-order valence-electron chi connectivity index (χ0n) is 9.34. The highest BCUT2D eigenvalue weighted by molar-refractivity contribution is 7.08. The van der Waals surface area contributed by atoms with Gasteiger partial charge in [-0.05, 0) is 31.3 Å². The Morgan fingerprint density at radius 3 is 2.82 bits per heavy atom. The second kappa shape index (κ2) is 4.79. The molecule has 6 nitrogen and oxygen atoms in total. The molecule has 1 aliphatic rings. The number of aliphatic carboxylic acids is 1. The molecule has 1 fully saturated rings. The third-order valence-electron chi connectivity index (χ3n) is 3.01. The van der Waals surface area contributed by atoms with Crippen LogP contribution in [0.5, 0.6) is 0 Å². The van der Waals surface area contributed by atoms with Crippen LogP contribution in [0.2, 0.25) is 0 Å². The predicted molar refractivity (Wildman–Crippen MR) is 60.9 cm³/mol. The quantitative estimate of drug-likeness (QED) is 0.834. The van der Waals surface area contributed by atoms with Gasteiger partial charge in [0.25, 0.3) is 5.91 Å². The molecule has 1 aliphatic carbocycles. The highest BCUT2D eigenvalue weighted by atomic mass is 32.1. The van der Waals surface area contributed by atoms with Crippen molar-refractivity contribution in [3.8, 4) is 0 Å². The summed E-state index contributed by atoms with van der Waals surface area (Å²) in [5, 5.41) is 15.5. The van der Waals surface area contributed by atoms with Gasteiger partial charge < -0.3 is 10.4 Å². The maximum absolute atomic E-state index is 11.9. The zero-order valence-corrected chi connectivity index (χ0v) is 10.2. The van der Waals surface area contributed by atoms with Crippen LogP contribution in [-0.4, -0.2) is 32.6 Å². The van der Waals surface area contributed by atoms with Gasteiger partial charge in [-0.2, -0.15) is 0 Å². The zero-order chi connectivity index (χ0) is 12.4. The summed E-state index contributed by atoms with van der Waals surface area (Å²) in [7, 11) is 0. The fourth-order valence-electron chi connectivity index (χ4n) is 2.10. The summed E-state index contributed by atoms with van der Waals surface area (Å²) >= 11 is 1.03. The lowest BCUT2D eigenvalue weighted by atomic mass is 10.0. The van der Waals surface area contributed by atoms with Crippen molar-refractivity contribution in [2.45, 2.75) is 32.2 Å². The normalized spacial score (nSPS) is 23.6. The van der Waals surface area contributed by atoms with Crippen molar-refractivity contribution >= 4 is 23.4 Å². The number of nitrogens with one attached hydrogen (secondary N) is 1. The number of rotatable bonds is 3. The number of nitrogens with zero attached hydrogens (tertiary/aromatic N) is 2. The van der Waals surface area contributed by atoms with Crippen molar-refractivity contribution in [3.05, 3.63) is 10.6 Å². The van der Waals surface area contributed by atoms with E-state index in [-0.39, 0.29) is 11.9 Å². The number of aryl methyl sites for hydroxylation is 1. The summed E-state index contributed by atoms with van der Waals surface area (Å²) in [5.41, 5.74) is 0.581. The number of carbonyl (C=O) groups excluding carboxylic acids is 1. The first-order chi connectivity index (χ1) is 8.09. The molecule has 1 saturated carbocycles. The average Bonchev–Trinajstić information content (AvgIpc) is 2.86. The van der Waals surface area contributed by atoms with Crippen molar-refractivity contribution in [1.82, 2.24) is 14.9 Å². The molecule has 0 aliphatic heterocycles. The van der Waals surface area contributed by atoms with Crippen LogP contribution >= 0.6 is 11.5 Å². The Kier molecular flexibility index (Phi) is 3.37. The van der Waals surface area contributed by atoms with E-state index in [1.54, 1.807) is 6.92 Å². The number of hydrogen-bond donors (Lipinski definition) is 2. The van der Waals surface area contributed by atoms with Crippen molar-refractivity contribution in [2.24, 2.45) is 5.92 Å². The molecule has 0 saturated heterocycles. The summed E-state index contributed by atoms with van der Waals surface area (Å²) in [4.78, 5) is 23.3. The molecule has 2 rings (SSSR count). The molecule has 0 aromatic carbocycles. The van der Waals surface area contributed by atoms with Crippen LogP contribution in [-0.2, 0) is 4.79 Å². The molecule has 2 atom stereocenters. The lowest BCUT2D eigenvalue weighted by molar-refractivity contribution is -0.142. The summed E-state index contributed by atoms with van der Waals surface area (Å²) in [6.45, 7) is 1.71. The van der Waals surface area contributed by atoms with Gasteiger partial charge >= 0.3 is 5.97 Å². The van der Waals surface area contributed by atoms with Crippen LogP contribution in [0.25, 0.3) is 0 Å². The molecule has 0 unspecified atom stereocenters. The molecule has 1 aromatic rings. The molecule has 17 heavy (non-hydrogen) atoms. The van der Waals surface area contributed by atoms with Crippen LogP contribution in [0.15, 0.2) is 0 Å². The van der Waals surface area contributed by atoms with E-state index in [0.717, 1.165) is 18.0 Å². The maximum atomic E-state index is 11.9. The smallest absolute Gasteiger partial charge is 0.308 e. The monoisotopic (exact) mass is 255 g/mol. The van der Waals surface area contributed by atoms with E-state index in [0.29, 0.717) is 23.4 Å². The molecule has 1 aromatic heterocycles. The van der Waals surface area contributed by atoms with Crippen LogP contribution in [0.1, 0.15) is 34.6 Å². The van der Waals surface area contributed by atoms with E-state index in [4.69, 9.17) is 5.11 Å². The average molecular weight is 255 g/mol.